The second-order valence-corrected chi connectivity index (χ2v) is 8.24. The summed E-state index contributed by atoms with van der Waals surface area (Å²) in [6.45, 7) is 7.32. The van der Waals surface area contributed by atoms with E-state index >= 15 is 0 Å². The van der Waals surface area contributed by atoms with Gasteiger partial charge < -0.3 is 0 Å². The van der Waals surface area contributed by atoms with Crippen LogP contribution < -0.4 is 4.72 Å². The fourth-order valence-corrected chi connectivity index (χ4v) is 3.08. The minimum absolute atomic E-state index is 0.130. The van der Waals surface area contributed by atoms with Gasteiger partial charge >= 0.3 is 0 Å². The predicted octanol–water partition coefficient (Wildman–Crippen LogP) is 3.11. The Morgan fingerprint density at radius 3 is 2.41 bits per heavy atom. The molecule has 0 aromatic heterocycles. The second kappa shape index (κ2) is 7.05. The number of hydrogen-bond donors (Lipinski definition) is 1. The third-order valence-electron chi connectivity index (χ3n) is 3.02. The summed E-state index contributed by atoms with van der Waals surface area (Å²) >= 11 is 0. The first kappa shape index (κ1) is 18.4. The highest BCUT2D eigenvalue weighted by Gasteiger charge is 2.19. The quantitative estimate of drug-likeness (QED) is 0.845. The third-order valence-corrected chi connectivity index (χ3v) is 4.28. The lowest BCUT2D eigenvalue weighted by molar-refractivity contribution is -0.114. The van der Waals surface area contributed by atoms with Crippen LogP contribution in [0.5, 0.6) is 0 Å². The van der Waals surface area contributed by atoms with Gasteiger partial charge in [-0.1, -0.05) is 39.0 Å². The van der Waals surface area contributed by atoms with Gasteiger partial charge in [-0.2, -0.15) is 0 Å². The molecule has 1 N–H and O–H groups in total. The number of halogens is 1. The fraction of sp³-hybridized carbons (Fsp3) is 0.438. The van der Waals surface area contributed by atoms with E-state index in [4.69, 9.17) is 0 Å². The monoisotopic (exact) mass is 327 g/mol. The van der Waals surface area contributed by atoms with Crippen molar-refractivity contribution < 1.29 is 17.6 Å². The Morgan fingerprint density at radius 2 is 1.86 bits per heavy atom. The first-order valence-electron chi connectivity index (χ1n) is 6.98. The number of amides is 1. The first-order valence-corrected chi connectivity index (χ1v) is 8.63. The Kier molecular flexibility index (Phi) is 5.88. The molecule has 0 bridgehead atoms. The number of carbonyl (C=O) groups is 1. The highest BCUT2D eigenvalue weighted by Crippen LogP contribution is 2.19. The van der Waals surface area contributed by atoms with Gasteiger partial charge in [0, 0.05) is 11.6 Å². The summed E-state index contributed by atoms with van der Waals surface area (Å²) in [5.41, 5.74) is 0.489. The predicted molar refractivity (Wildman–Crippen MR) is 86.1 cm³/mol. The minimum atomic E-state index is -3.69. The Labute approximate surface area is 131 Å². The van der Waals surface area contributed by atoms with Gasteiger partial charge in [0.15, 0.2) is 0 Å². The number of nitrogens with one attached hydrogen (secondary N) is 1. The van der Waals surface area contributed by atoms with E-state index in [9.17, 15) is 17.6 Å². The Morgan fingerprint density at radius 1 is 1.27 bits per heavy atom. The van der Waals surface area contributed by atoms with Crippen molar-refractivity contribution in [2.75, 3.05) is 5.75 Å². The smallest absolute Gasteiger partial charge is 0.257 e. The fourth-order valence-electron chi connectivity index (χ4n) is 1.73. The number of sulfonamides is 1. The largest absolute Gasteiger partial charge is 0.269 e. The maximum Gasteiger partial charge on any atom is 0.257 e. The molecule has 0 saturated heterocycles. The molecule has 1 rings (SSSR count). The molecule has 0 fully saturated rings. The number of benzene rings is 1. The molecule has 0 aliphatic heterocycles. The van der Waals surface area contributed by atoms with E-state index in [0.717, 1.165) is 6.08 Å². The average Bonchev–Trinajstić information content (AvgIpc) is 2.35. The molecule has 0 atom stereocenters. The highest BCUT2D eigenvalue weighted by molar-refractivity contribution is 7.90. The van der Waals surface area contributed by atoms with Crippen molar-refractivity contribution >= 4 is 21.5 Å². The zero-order chi connectivity index (χ0) is 17.0. The third kappa shape index (κ3) is 6.39. The van der Waals surface area contributed by atoms with Gasteiger partial charge in [0.25, 0.3) is 5.91 Å². The summed E-state index contributed by atoms with van der Waals surface area (Å²) in [6.07, 6.45) is 1.53. The number of rotatable bonds is 5. The summed E-state index contributed by atoms with van der Waals surface area (Å²) in [4.78, 5) is 11.8. The van der Waals surface area contributed by atoms with Crippen molar-refractivity contribution in [3.05, 3.63) is 41.7 Å². The van der Waals surface area contributed by atoms with E-state index in [-0.39, 0.29) is 16.7 Å². The maximum absolute atomic E-state index is 13.6. The standard InChI is InChI=1S/C16H22FNO3S/c1-12(13-7-5-6-8-14(13)17)11-15(19)18-22(20,21)10-9-16(2,3)4/h5-8,11H,9-10H2,1-4H3,(H,18,19)/b12-11-. The summed E-state index contributed by atoms with van der Waals surface area (Å²) in [5.74, 6) is -1.36. The van der Waals surface area contributed by atoms with Gasteiger partial charge in [-0.05, 0) is 30.4 Å². The molecule has 1 aromatic rings. The summed E-state index contributed by atoms with van der Waals surface area (Å²) in [7, 11) is -3.69. The average molecular weight is 327 g/mol. The summed E-state index contributed by atoms with van der Waals surface area (Å²) in [5, 5.41) is 0. The van der Waals surface area contributed by atoms with Crippen LogP contribution in [0.15, 0.2) is 30.3 Å². The van der Waals surface area contributed by atoms with E-state index < -0.39 is 21.7 Å². The van der Waals surface area contributed by atoms with Crippen molar-refractivity contribution in [2.24, 2.45) is 5.41 Å². The van der Waals surface area contributed by atoms with Crippen LogP contribution in [0.4, 0.5) is 4.39 Å². The molecule has 1 aromatic carbocycles. The zero-order valence-corrected chi connectivity index (χ0v) is 14.1. The van der Waals surface area contributed by atoms with Crippen molar-refractivity contribution in [2.45, 2.75) is 34.1 Å². The lowest BCUT2D eigenvalue weighted by Crippen LogP contribution is -2.32. The molecule has 0 aliphatic rings. The van der Waals surface area contributed by atoms with Crippen LogP contribution in [0.3, 0.4) is 0 Å². The topological polar surface area (TPSA) is 63.2 Å². The molecule has 0 unspecified atom stereocenters. The normalized spacial score (nSPS) is 13.0. The van der Waals surface area contributed by atoms with Crippen LogP contribution in [0.2, 0.25) is 0 Å². The molecule has 0 saturated carbocycles. The highest BCUT2D eigenvalue weighted by atomic mass is 32.2. The SMILES string of the molecule is C/C(=C/C(=O)NS(=O)(=O)CCC(C)(C)C)c1ccccc1F. The first-order chi connectivity index (χ1) is 10.0. The molecule has 0 aliphatic carbocycles. The summed E-state index contributed by atoms with van der Waals surface area (Å²) < 4.78 is 39.2. The Balaban J connectivity index is 2.77. The van der Waals surface area contributed by atoms with Crippen LogP contribution in [0.1, 0.15) is 39.7 Å². The lowest BCUT2D eigenvalue weighted by Gasteiger charge is -2.17. The van der Waals surface area contributed by atoms with E-state index in [2.05, 4.69) is 0 Å². The lowest BCUT2D eigenvalue weighted by atomic mass is 9.94. The Hall–Kier alpha value is -1.69. The van der Waals surface area contributed by atoms with Gasteiger partial charge in [-0.15, -0.1) is 0 Å². The molecule has 4 nitrogen and oxygen atoms in total. The minimum Gasteiger partial charge on any atom is -0.269 e. The molecule has 6 heteroatoms. The number of allylic oxidation sites excluding steroid dienone is 1. The van der Waals surface area contributed by atoms with Gasteiger partial charge in [-0.25, -0.2) is 17.5 Å². The van der Waals surface area contributed by atoms with Gasteiger partial charge in [0.05, 0.1) is 5.75 Å². The Bertz CT molecular complexity index is 673. The molecule has 0 radical (unpaired) electrons. The van der Waals surface area contributed by atoms with Crippen molar-refractivity contribution in [3.8, 4) is 0 Å². The molecular formula is C16H22FNO3S. The van der Waals surface area contributed by atoms with Crippen LogP contribution in [-0.4, -0.2) is 20.1 Å². The van der Waals surface area contributed by atoms with E-state index in [1.807, 2.05) is 25.5 Å². The molecular weight excluding hydrogens is 305 g/mol. The number of carbonyl (C=O) groups excluding carboxylic acids is 1. The van der Waals surface area contributed by atoms with E-state index in [1.54, 1.807) is 19.1 Å². The van der Waals surface area contributed by atoms with Crippen LogP contribution in [-0.2, 0) is 14.8 Å². The van der Waals surface area contributed by atoms with Crippen LogP contribution in [0.25, 0.3) is 5.57 Å². The number of hydrogen-bond acceptors (Lipinski definition) is 3. The van der Waals surface area contributed by atoms with Gasteiger partial charge in [0.1, 0.15) is 5.82 Å². The molecule has 22 heavy (non-hydrogen) atoms. The second-order valence-electron chi connectivity index (χ2n) is 6.40. The van der Waals surface area contributed by atoms with E-state index in [0.29, 0.717) is 12.0 Å². The van der Waals surface area contributed by atoms with Gasteiger partial charge in [0.2, 0.25) is 10.0 Å². The molecule has 1 amide bonds. The zero-order valence-electron chi connectivity index (χ0n) is 13.3. The van der Waals surface area contributed by atoms with Crippen LogP contribution in [0, 0.1) is 11.2 Å². The van der Waals surface area contributed by atoms with E-state index in [1.165, 1.54) is 12.1 Å². The van der Waals surface area contributed by atoms with Crippen molar-refractivity contribution in [1.82, 2.24) is 4.72 Å². The summed E-state index contributed by atoms with van der Waals surface area (Å²) in [6, 6.07) is 6.00. The molecule has 0 spiro atoms. The van der Waals surface area contributed by atoms with Crippen LogP contribution >= 0.6 is 0 Å². The van der Waals surface area contributed by atoms with Crippen molar-refractivity contribution in [1.29, 1.82) is 0 Å². The maximum atomic E-state index is 13.6. The van der Waals surface area contributed by atoms with Crippen molar-refractivity contribution in [3.63, 3.8) is 0 Å². The molecule has 0 heterocycles. The van der Waals surface area contributed by atoms with Gasteiger partial charge in [-0.3, -0.25) is 4.79 Å². The molecule has 122 valence electrons.